The molecule has 4 aromatic carbocycles. The Kier molecular flexibility index (Phi) is 13.4. The number of amides is 1. The number of benzene rings is 4. The lowest BCUT2D eigenvalue weighted by molar-refractivity contribution is -0.384. The van der Waals surface area contributed by atoms with Crippen LogP contribution in [0, 0.1) is 15.5 Å². The fourth-order valence-electron chi connectivity index (χ4n) is 9.95. The van der Waals surface area contributed by atoms with Crippen molar-refractivity contribution >= 4 is 61.2 Å². The number of rotatable bonds is 13. The van der Waals surface area contributed by atoms with Crippen LogP contribution in [0.5, 0.6) is 11.5 Å². The fraction of sp³-hybridized carbons (Fsp3) is 0.429. The molecule has 0 radical (unpaired) electrons. The number of H-pyrrole nitrogens is 1. The number of hydrogen-bond acceptors (Lipinski definition) is 12. The fourth-order valence-corrected chi connectivity index (χ4v) is 11.1. The minimum absolute atomic E-state index is 0.00161. The molecule has 348 valence electrons. The van der Waals surface area contributed by atoms with Crippen molar-refractivity contribution in [1.82, 2.24) is 24.5 Å². The number of halogens is 1. The number of aromatic amines is 1. The molecule has 15 nitrogen and oxygen atoms in total. The summed E-state index contributed by atoms with van der Waals surface area (Å²) >= 11 is 6.25. The maximum atomic E-state index is 14.1. The van der Waals surface area contributed by atoms with Crippen LogP contribution >= 0.6 is 11.6 Å². The quantitative estimate of drug-likeness (QED) is 0.0757. The first-order valence-electron chi connectivity index (χ1n) is 22.9. The number of allylic oxidation sites excluding steroid dienone is 1. The summed E-state index contributed by atoms with van der Waals surface area (Å²) in [5.74, 6) is -0.436. The number of nitrogens with one attached hydrogen (secondary N) is 3. The van der Waals surface area contributed by atoms with Crippen molar-refractivity contribution in [3.05, 3.63) is 117 Å². The zero-order valence-corrected chi connectivity index (χ0v) is 39.0. The predicted octanol–water partition coefficient (Wildman–Crippen LogP) is 8.88. The van der Waals surface area contributed by atoms with Crippen LogP contribution in [0.15, 0.2) is 95.7 Å². The average molecular weight is 938 g/mol. The SMILES string of the molecule is CC1(C)CCC(CN2CCN(c3ccc(C(=O)NS(=O)(=O)c4ccc(N[C@H]5CC[C@H](N6CCOCC6)CC5)c([N+](=O)[O-])c4)c(Oc4cccc5[nH]cnc45)c3)CC2)=C(c2ccc(Cl)cc2)C1. The number of nitro groups is 1. The molecule has 5 aromatic rings. The lowest BCUT2D eigenvalue weighted by Gasteiger charge is -2.39. The van der Waals surface area contributed by atoms with E-state index in [1.165, 1.54) is 28.8 Å². The van der Waals surface area contributed by atoms with Gasteiger partial charge in [-0.15, -0.1) is 0 Å². The lowest BCUT2D eigenvalue weighted by Crippen LogP contribution is -2.47. The third-order valence-corrected chi connectivity index (χ3v) is 15.3. The van der Waals surface area contributed by atoms with Gasteiger partial charge in [-0.05, 0) is 110 Å². The van der Waals surface area contributed by atoms with Crippen LogP contribution in [0.1, 0.15) is 74.7 Å². The third kappa shape index (κ3) is 10.4. The van der Waals surface area contributed by atoms with Crippen LogP contribution < -0.4 is 19.7 Å². The Labute approximate surface area is 390 Å². The van der Waals surface area contributed by atoms with Crippen LogP contribution in [0.4, 0.5) is 17.1 Å². The van der Waals surface area contributed by atoms with E-state index >= 15 is 0 Å². The molecule has 2 aliphatic heterocycles. The number of sulfonamides is 1. The van der Waals surface area contributed by atoms with Gasteiger partial charge < -0.3 is 24.7 Å². The van der Waals surface area contributed by atoms with Gasteiger partial charge in [0.2, 0.25) is 0 Å². The second-order valence-corrected chi connectivity index (χ2v) is 20.8. The monoisotopic (exact) mass is 936 g/mol. The number of para-hydroxylation sites is 1. The number of nitro benzene ring substituents is 1. The highest BCUT2D eigenvalue weighted by atomic mass is 35.5. The van der Waals surface area contributed by atoms with Gasteiger partial charge in [-0.25, -0.2) is 18.1 Å². The van der Waals surface area contributed by atoms with Gasteiger partial charge >= 0.3 is 0 Å². The zero-order chi connectivity index (χ0) is 46.0. The topological polar surface area (TPSA) is 175 Å². The van der Waals surface area contributed by atoms with Gasteiger partial charge in [-0.1, -0.05) is 49.2 Å². The minimum atomic E-state index is -4.57. The molecule has 0 unspecified atom stereocenters. The molecular formula is C49H57ClN8O7S. The molecule has 0 bridgehead atoms. The first-order chi connectivity index (χ1) is 31.8. The number of piperazine rings is 1. The number of ether oxygens (including phenoxy) is 2. The number of fused-ring (bicyclic) bond motifs is 1. The molecule has 0 atom stereocenters. The van der Waals surface area contributed by atoms with Crippen LogP contribution in [-0.4, -0.2) is 110 Å². The van der Waals surface area contributed by atoms with E-state index in [9.17, 15) is 23.3 Å². The van der Waals surface area contributed by atoms with E-state index < -0.39 is 25.7 Å². The maximum Gasteiger partial charge on any atom is 0.293 e. The normalized spacial score (nSPS) is 20.9. The second kappa shape index (κ2) is 19.4. The summed E-state index contributed by atoms with van der Waals surface area (Å²) in [5, 5.41) is 16.4. The van der Waals surface area contributed by atoms with Crippen molar-refractivity contribution in [3.63, 3.8) is 0 Å². The van der Waals surface area contributed by atoms with E-state index in [1.807, 2.05) is 18.2 Å². The number of aromatic nitrogens is 2. The van der Waals surface area contributed by atoms with Gasteiger partial charge in [0.05, 0.1) is 40.4 Å². The highest BCUT2D eigenvalue weighted by Gasteiger charge is 2.32. The maximum absolute atomic E-state index is 14.1. The molecule has 1 saturated carbocycles. The lowest BCUT2D eigenvalue weighted by atomic mass is 9.72. The van der Waals surface area contributed by atoms with Crippen molar-refractivity contribution in [2.75, 3.05) is 69.2 Å². The summed E-state index contributed by atoms with van der Waals surface area (Å²) in [6, 6.07) is 22.8. The van der Waals surface area contributed by atoms with E-state index in [0.29, 0.717) is 17.3 Å². The Morgan fingerprint density at radius 3 is 2.45 bits per heavy atom. The second-order valence-electron chi connectivity index (χ2n) is 18.7. The first-order valence-corrected chi connectivity index (χ1v) is 24.8. The summed E-state index contributed by atoms with van der Waals surface area (Å²) in [6.07, 6.45) is 8.30. The molecule has 66 heavy (non-hydrogen) atoms. The third-order valence-electron chi connectivity index (χ3n) is 13.7. The van der Waals surface area contributed by atoms with Gasteiger partial charge in [-0.3, -0.25) is 24.7 Å². The first kappa shape index (κ1) is 45.6. The van der Waals surface area contributed by atoms with Crippen molar-refractivity contribution < 1.29 is 27.6 Å². The molecule has 3 fully saturated rings. The van der Waals surface area contributed by atoms with Crippen LogP contribution in [0.2, 0.25) is 5.02 Å². The largest absolute Gasteiger partial charge is 0.454 e. The predicted molar refractivity (Wildman–Crippen MR) is 257 cm³/mol. The van der Waals surface area contributed by atoms with Crippen molar-refractivity contribution in [2.45, 2.75) is 75.8 Å². The Hall–Kier alpha value is -5.52. The molecule has 17 heteroatoms. The Balaban J connectivity index is 0.910. The average Bonchev–Trinajstić information content (AvgIpc) is 3.81. The van der Waals surface area contributed by atoms with Gasteiger partial charge in [0.25, 0.3) is 21.6 Å². The molecule has 1 amide bonds. The highest BCUT2D eigenvalue weighted by Crippen LogP contribution is 2.44. The van der Waals surface area contributed by atoms with E-state index in [-0.39, 0.29) is 34.1 Å². The summed E-state index contributed by atoms with van der Waals surface area (Å²) in [7, 11) is -4.57. The zero-order valence-electron chi connectivity index (χ0n) is 37.4. The van der Waals surface area contributed by atoms with E-state index in [0.717, 1.165) is 126 Å². The summed E-state index contributed by atoms with van der Waals surface area (Å²) in [6.45, 7) is 11.9. The Bertz CT molecular complexity index is 2720. The molecule has 2 aliphatic carbocycles. The van der Waals surface area contributed by atoms with E-state index in [1.54, 1.807) is 36.7 Å². The number of hydrogen-bond donors (Lipinski definition) is 3. The summed E-state index contributed by atoms with van der Waals surface area (Å²) in [5.41, 5.74) is 6.23. The standard InChI is InChI=1S/C49H57ClN8O7S/c1-49(2)19-18-34(41(30-49)33-6-8-35(50)9-7-33)31-55-20-22-56(23-21-55)38-14-16-40(46(28-38)65-45-5-3-4-43-47(45)52-32-51-43)48(59)54-66(62,63)39-15-17-42(44(29-39)58(60)61)53-36-10-12-37(13-11-36)57-24-26-64-27-25-57/h3-9,14-17,28-29,32,36-37,53H,10-13,18-27,30-31H2,1-2H3,(H,51,52)(H,54,59)/t36-,37-. The molecule has 3 heterocycles. The number of nitrogens with zero attached hydrogens (tertiary/aromatic N) is 5. The minimum Gasteiger partial charge on any atom is -0.454 e. The van der Waals surface area contributed by atoms with Gasteiger partial charge in [-0.2, -0.15) is 0 Å². The van der Waals surface area contributed by atoms with Crippen LogP contribution in [0.3, 0.4) is 0 Å². The molecule has 4 aliphatic rings. The van der Waals surface area contributed by atoms with Gasteiger partial charge in [0.1, 0.15) is 17.0 Å². The van der Waals surface area contributed by atoms with Crippen LogP contribution in [-0.2, 0) is 14.8 Å². The van der Waals surface area contributed by atoms with Gasteiger partial charge in [0, 0.05) is 80.7 Å². The van der Waals surface area contributed by atoms with Crippen molar-refractivity contribution in [1.29, 1.82) is 0 Å². The Morgan fingerprint density at radius 1 is 0.955 bits per heavy atom. The van der Waals surface area contributed by atoms with E-state index in [2.05, 4.69) is 60.7 Å². The molecule has 0 spiro atoms. The highest BCUT2D eigenvalue weighted by molar-refractivity contribution is 7.90. The summed E-state index contributed by atoms with van der Waals surface area (Å²) in [4.78, 5) is 40.1. The Morgan fingerprint density at radius 2 is 1.71 bits per heavy atom. The number of imidazole rings is 1. The molecule has 2 saturated heterocycles. The van der Waals surface area contributed by atoms with Crippen molar-refractivity contribution in [2.24, 2.45) is 5.41 Å². The molecular weight excluding hydrogens is 880 g/mol. The van der Waals surface area contributed by atoms with E-state index in [4.69, 9.17) is 21.1 Å². The number of morpholine rings is 1. The number of carbonyl (C=O) groups excluding carboxylic acids is 1. The number of carbonyl (C=O) groups is 1. The smallest absolute Gasteiger partial charge is 0.293 e. The summed E-state index contributed by atoms with van der Waals surface area (Å²) < 4.78 is 41.8. The van der Waals surface area contributed by atoms with Crippen molar-refractivity contribution in [3.8, 4) is 11.5 Å². The number of anilines is 2. The van der Waals surface area contributed by atoms with Gasteiger partial charge in [0.15, 0.2) is 5.75 Å². The molecule has 1 aromatic heterocycles. The molecule has 9 rings (SSSR count). The van der Waals surface area contributed by atoms with Crippen LogP contribution in [0.25, 0.3) is 16.6 Å². The molecule has 3 N–H and O–H groups in total.